The fourth-order valence-corrected chi connectivity index (χ4v) is 2.13. The molecule has 1 aromatic rings. The average molecular weight is 297 g/mol. The zero-order valence-corrected chi connectivity index (χ0v) is 11.2. The van der Waals surface area contributed by atoms with Crippen LogP contribution in [0.3, 0.4) is 0 Å². The van der Waals surface area contributed by atoms with E-state index in [1.807, 2.05) is 6.07 Å². The van der Waals surface area contributed by atoms with Gasteiger partial charge >= 0.3 is 0 Å². The normalized spacial score (nSPS) is 12.4. The summed E-state index contributed by atoms with van der Waals surface area (Å²) in [5.41, 5.74) is 6.51. The lowest BCUT2D eigenvalue weighted by atomic mass is 9.97. The van der Waals surface area contributed by atoms with Gasteiger partial charge in [0.25, 0.3) is 0 Å². The summed E-state index contributed by atoms with van der Waals surface area (Å²) in [6, 6.07) is 4.70. The van der Waals surface area contributed by atoms with Gasteiger partial charge < -0.3 is 5.73 Å². The molecule has 86 valence electrons. The lowest BCUT2D eigenvalue weighted by Crippen LogP contribution is -2.15. The van der Waals surface area contributed by atoms with Crippen LogP contribution >= 0.6 is 28.3 Å². The first-order valence-corrected chi connectivity index (χ1v) is 5.51. The number of rotatable bonds is 3. The van der Waals surface area contributed by atoms with E-state index in [9.17, 15) is 4.39 Å². The van der Waals surface area contributed by atoms with E-state index in [4.69, 9.17) is 5.73 Å². The Labute approximate surface area is 105 Å². The van der Waals surface area contributed by atoms with Gasteiger partial charge in [-0.3, -0.25) is 0 Å². The van der Waals surface area contributed by atoms with Crippen molar-refractivity contribution in [3.8, 4) is 0 Å². The summed E-state index contributed by atoms with van der Waals surface area (Å²) >= 11 is 3.32. The van der Waals surface area contributed by atoms with Crippen molar-refractivity contribution in [3.05, 3.63) is 34.1 Å². The number of hydrogen-bond acceptors (Lipinski definition) is 1. The molecule has 0 unspecified atom stereocenters. The Morgan fingerprint density at radius 2 is 2.00 bits per heavy atom. The standard InChI is InChI=1S/C11H15BrFN.ClH/c1-7(2)6-10(14)11-8(12)4-3-5-9(11)13;/h3-5,7,10H,6,14H2,1-2H3;1H/t10-;/m0./s1. The first kappa shape index (κ1) is 14.9. The van der Waals surface area contributed by atoms with Gasteiger partial charge in [0.1, 0.15) is 5.82 Å². The van der Waals surface area contributed by atoms with Gasteiger partial charge in [0.2, 0.25) is 0 Å². The van der Waals surface area contributed by atoms with Crippen LogP contribution < -0.4 is 5.73 Å². The Morgan fingerprint density at radius 1 is 1.40 bits per heavy atom. The maximum atomic E-state index is 13.4. The minimum absolute atomic E-state index is 0. The van der Waals surface area contributed by atoms with E-state index in [-0.39, 0.29) is 24.3 Å². The van der Waals surface area contributed by atoms with Crippen molar-refractivity contribution in [3.63, 3.8) is 0 Å². The van der Waals surface area contributed by atoms with Crippen molar-refractivity contribution < 1.29 is 4.39 Å². The van der Waals surface area contributed by atoms with E-state index in [2.05, 4.69) is 29.8 Å². The number of halogens is 3. The minimum atomic E-state index is -0.231. The highest BCUT2D eigenvalue weighted by molar-refractivity contribution is 9.10. The van der Waals surface area contributed by atoms with Gasteiger partial charge in [-0.25, -0.2) is 4.39 Å². The second kappa shape index (κ2) is 6.46. The largest absolute Gasteiger partial charge is 0.324 e. The van der Waals surface area contributed by atoms with Crippen molar-refractivity contribution in [2.45, 2.75) is 26.3 Å². The summed E-state index contributed by atoms with van der Waals surface area (Å²) in [6.07, 6.45) is 0.791. The summed E-state index contributed by atoms with van der Waals surface area (Å²) in [5, 5.41) is 0. The van der Waals surface area contributed by atoms with Crippen molar-refractivity contribution in [2.24, 2.45) is 11.7 Å². The summed E-state index contributed by atoms with van der Waals surface area (Å²) in [4.78, 5) is 0. The average Bonchev–Trinajstić information content (AvgIpc) is 2.01. The van der Waals surface area contributed by atoms with Crippen LogP contribution in [0.4, 0.5) is 4.39 Å². The highest BCUT2D eigenvalue weighted by Gasteiger charge is 2.15. The first-order valence-electron chi connectivity index (χ1n) is 4.72. The van der Waals surface area contributed by atoms with E-state index in [1.54, 1.807) is 6.07 Å². The van der Waals surface area contributed by atoms with E-state index >= 15 is 0 Å². The molecule has 0 saturated heterocycles. The molecule has 2 N–H and O–H groups in total. The number of hydrogen-bond donors (Lipinski definition) is 1. The van der Waals surface area contributed by atoms with Crippen LogP contribution in [0.5, 0.6) is 0 Å². The molecule has 0 saturated carbocycles. The maximum absolute atomic E-state index is 13.4. The molecular formula is C11H16BrClFN. The van der Waals surface area contributed by atoms with Gasteiger partial charge in [0, 0.05) is 16.1 Å². The highest BCUT2D eigenvalue weighted by atomic mass is 79.9. The zero-order valence-electron chi connectivity index (χ0n) is 8.84. The second-order valence-electron chi connectivity index (χ2n) is 3.87. The highest BCUT2D eigenvalue weighted by Crippen LogP contribution is 2.28. The molecule has 1 aromatic carbocycles. The lowest BCUT2D eigenvalue weighted by Gasteiger charge is -2.16. The predicted molar refractivity (Wildman–Crippen MR) is 67.7 cm³/mol. The maximum Gasteiger partial charge on any atom is 0.129 e. The molecule has 0 aliphatic heterocycles. The molecule has 1 atom stereocenters. The van der Waals surface area contributed by atoms with Gasteiger partial charge in [-0.05, 0) is 24.5 Å². The molecule has 0 heterocycles. The van der Waals surface area contributed by atoms with Crippen LogP contribution in [-0.2, 0) is 0 Å². The second-order valence-corrected chi connectivity index (χ2v) is 4.73. The summed E-state index contributed by atoms with van der Waals surface area (Å²) in [5.74, 6) is 0.240. The van der Waals surface area contributed by atoms with Crippen molar-refractivity contribution in [1.29, 1.82) is 0 Å². The fourth-order valence-electron chi connectivity index (χ4n) is 1.49. The Hall–Kier alpha value is -0.120. The SMILES string of the molecule is CC(C)C[C@H](N)c1c(F)cccc1Br.Cl. The van der Waals surface area contributed by atoms with Gasteiger partial charge in [0.05, 0.1) is 0 Å². The third kappa shape index (κ3) is 4.09. The number of benzene rings is 1. The van der Waals surface area contributed by atoms with E-state index in [1.165, 1.54) is 6.07 Å². The van der Waals surface area contributed by atoms with Gasteiger partial charge in [-0.2, -0.15) is 0 Å². The monoisotopic (exact) mass is 295 g/mol. The first-order chi connectivity index (χ1) is 6.52. The van der Waals surface area contributed by atoms with Gasteiger partial charge in [0.15, 0.2) is 0 Å². The molecule has 1 nitrogen and oxygen atoms in total. The Kier molecular flexibility index (Phi) is 6.41. The Balaban J connectivity index is 0.00000196. The Bertz CT molecular complexity index is 297. The lowest BCUT2D eigenvalue weighted by molar-refractivity contribution is 0.487. The van der Waals surface area contributed by atoms with Gasteiger partial charge in [-0.15, -0.1) is 12.4 Å². The molecule has 0 radical (unpaired) electrons. The summed E-state index contributed by atoms with van der Waals surface area (Å²) in [7, 11) is 0. The molecule has 0 aliphatic carbocycles. The van der Waals surface area contributed by atoms with Crippen LogP contribution in [-0.4, -0.2) is 0 Å². The summed E-state index contributed by atoms with van der Waals surface area (Å²) < 4.78 is 14.2. The third-order valence-electron chi connectivity index (χ3n) is 2.10. The molecule has 0 aromatic heterocycles. The van der Waals surface area contributed by atoms with E-state index in [0.29, 0.717) is 11.5 Å². The molecule has 1 rings (SSSR count). The topological polar surface area (TPSA) is 26.0 Å². The van der Waals surface area contributed by atoms with Crippen molar-refractivity contribution >= 4 is 28.3 Å². The van der Waals surface area contributed by atoms with E-state index < -0.39 is 0 Å². The molecule has 15 heavy (non-hydrogen) atoms. The zero-order chi connectivity index (χ0) is 10.7. The van der Waals surface area contributed by atoms with E-state index in [0.717, 1.165) is 10.9 Å². The smallest absolute Gasteiger partial charge is 0.129 e. The molecule has 0 amide bonds. The minimum Gasteiger partial charge on any atom is -0.324 e. The van der Waals surface area contributed by atoms with Crippen molar-refractivity contribution in [1.82, 2.24) is 0 Å². The van der Waals surface area contributed by atoms with Crippen LogP contribution in [0.25, 0.3) is 0 Å². The van der Waals surface area contributed by atoms with Crippen LogP contribution in [0.1, 0.15) is 31.9 Å². The fraction of sp³-hybridized carbons (Fsp3) is 0.455. The number of nitrogens with two attached hydrogens (primary N) is 1. The Morgan fingerprint density at radius 3 is 2.47 bits per heavy atom. The predicted octanol–water partition coefficient (Wildman–Crippen LogP) is 4.06. The molecule has 0 aliphatic rings. The third-order valence-corrected chi connectivity index (χ3v) is 2.79. The molecule has 4 heteroatoms. The van der Waals surface area contributed by atoms with Crippen molar-refractivity contribution in [2.75, 3.05) is 0 Å². The summed E-state index contributed by atoms with van der Waals surface area (Å²) in [6.45, 7) is 4.16. The van der Waals surface area contributed by atoms with Crippen LogP contribution in [0, 0.1) is 11.7 Å². The van der Waals surface area contributed by atoms with Gasteiger partial charge in [-0.1, -0.05) is 35.8 Å². The molecule has 0 spiro atoms. The van der Waals surface area contributed by atoms with Crippen LogP contribution in [0.2, 0.25) is 0 Å². The molecule has 0 fully saturated rings. The quantitative estimate of drug-likeness (QED) is 0.894. The molecular weight excluding hydrogens is 280 g/mol. The molecule has 0 bridgehead atoms. The van der Waals surface area contributed by atoms with Crippen LogP contribution in [0.15, 0.2) is 22.7 Å².